The van der Waals surface area contributed by atoms with Crippen LogP contribution in [0, 0.1) is 0 Å². The first-order chi connectivity index (χ1) is 9.15. The molecule has 0 aliphatic heterocycles. The summed E-state index contributed by atoms with van der Waals surface area (Å²) in [5.74, 6) is 0.258. The second-order valence-electron chi connectivity index (χ2n) is 3.90. The smallest absolute Gasteiger partial charge is 0.387 e. The van der Waals surface area contributed by atoms with Crippen molar-refractivity contribution in [1.82, 2.24) is 0 Å². The van der Waals surface area contributed by atoms with Crippen molar-refractivity contribution >= 4 is 5.69 Å². The molecule has 5 heteroatoms. The van der Waals surface area contributed by atoms with Crippen molar-refractivity contribution in [3.63, 3.8) is 0 Å². The third-order valence-electron chi connectivity index (χ3n) is 2.50. The van der Waals surface area contributed by atoms with Gasteiger partial charge in [-0.3, -0.25) is 0 Å². The number of nitrogens with one attached hydrogen (secondary N) is 1. The van der Waals surface area contributed by atoms with E-state index in [1.807, 2.05) is 6.07 Å². The number of alkyl halides is 2. The van der Waals surface area contributed by atoms with E-state index in [-0.39, 0.29) is 11.5 Å². The third-order valence-corrected chi connectivity index (χ3v) is 2.50. The van der Waals surface area contributed by atoms with Crippen LogP contribution in [-0.2, 0) is 6.54 Å². The molecule has 2 rings (SSSR count). The molecule has 100 valence electrons. The standard InChI is InChI=1S/C14H13F2NO2/c15-14(16)19-13-7-2-1-6-12(13)17-9-10-4-3-5-11(18)8-10/h1-8,14,17-18H,9H2. The van der Waals surface area contributed by atoms with Crippen molar-refractivity contribution < 1.29 is 18.6 Å². The van der Waals surface area contributed by atoms with Crippen molar-refractivity contribution in [1.29, 1.82) is 0 Å². The Morgan fingerprint density at radius 3 is 2.63 bits per heavy atom. The molecule has 0 heterocycles. The van der Waals surface area contributed by atoms with Gasteiger partial charge in [-0.1, -0.05) is 24.3 Å². The maximum atomic E-state index is 12.2. The highest BCUT2D eigenvalue weighted by atomic mass is 19.3. The van der Waals surface area contributed by atoms with Gasteiger partial charge in [0.25, 0.3) is 0 Å². The van der Waals surface area contributed by atoms with E-state index in [2.05, 4.69) is 10.1 Å². The molecule has 0 atom stereocenters. The first-order valence-corrected chi connectivity index (χ1v) is 5.71. The quantitative estimate of drug-likeness (QED) is 0.867. The van der Waals surface area contributed by atoms with Crippen LogP contribution >= 0.6 is 0 Å². The van der Waals surface area contributed by atoms with Crippen LogP contribution in [0.5, 0.6) is 11.5 Å². The van der Waals surface area contributed by atoms with E-state index in [1.54, 1.807) is 36.4 Å². The highest BCUT2D eigenvalue weighted by Gasteiger charge is 2.08. The molecule has 0 saturated heterocycles. The fourth-order valence-electron chi connectivity index (χ4n) is 1.68. The molecule has 0 unspecified atom stereocenters. The van der Waals surface area contributed by atoms with Crippen LogP contribution in [0.15, 0.2) is 48.5 Å². The highest BCUT2D eigenvalue weighted by Crippen LogP contribution is 2.26. The Labute approximate surface area is 109 Å². The van der Waals surface area contributed by atoms with Gasteiger partial charge >= 0.3 is 6.61 Å². The minimum atomic E-state index is -2.86. The summed E-state index contributed by atoms with van der Waals surface area (Å²) in [6, 6.07) is 13.2. The average Bonchev–Trinajstić information content (AvgIpc) is 2.37. The van der Waals surface area contributed by atoms with Crippen molar-refractivity contribution in [3.05, 3.63) is 54.1 Å². The van der Waals surface area contributed by atoms with Gasteiger partial charge in [-0.05, 0) is 29.8 Å². The maximum Gasteiger partial charge on any atom is 0.387 e. The monoisotopic (exact) mass is 265 g/mol. The van der Waals surface area contributed by atoms with E-state index >= 15 is 0 Å². The van der Waals surface area contributed by atoms with E-state index in [0.717, 1.165) is 5.56 Å². The number of ether oxygens (including phenoxy) is 1. The zero-order valence-corrected chi connectivity index (χ0v) is 10.0. The van der Waals surface area contributed by atoms with E-state index in [0.29, 0.717) is 12.2 Å². The predicted octanol–water partition coefficient (Wildman–Crippen LogP) is 3.61. The first kappa shape index (κ1) is 13.1. The van der Waals surface area contributed by atoms with E-state index < -0.39 is 6.61 Å². The zero-order chi connectivity index (χ0) is 13.7. The molecule has 0 aromatic heterocycles. The van der Waals surface area contributed by atoms with Crippen LogP contribution in [0.4, 0.5) is 14.5 Å². The summed E-state index contributed by atoms with van der Waals surface area (Å²) in [5.41, 5.74) is 1.32. The molecule has 19 heavy (non-hydrogen) atoms. The molecule has 0 spiro atoms. The van der Waals surface area contributed by atoms with Crippen LogP contribution in [0.2, 0.25) is 0 Å². The van der Waals surface area contributed by atoms with Gasteiger partial charge in [0.05, 0.1) is 5.69 Å². The van der Waals surface area contributed by atoms with Crippen LogP contribution in [-0.4, -0.2) is 11.7 Å². The lowest BCUT2D eigenvalue weighted by molar-refractivity contribution is -0.0493. The normalized spacial score (nSPS) is 10.5. The number of hydrogen-bond donors (Lipinski definition) is 2. The molecule has 0 aliphatic rings. The Bertz CT molecular complexity index is 546. The molecule has 0 radical (unpaired) electrons. The van der Waals surface area contributed by atoms with Crippen LogP contribution in [0.3, 0.4) is 0 Å². The van der Waals surface area contributed by atoms with Crippen LogP contribution < -0.4 is 10.1 Å². The Balaban J connectivity index is 2.07. The van der Waals surface area contributed by atoms with Gasteiger partial charge in [-0.2, -0.15) is 8.78 Å². The van der Waals surface area contributed by atoms with Gasteiger partial charge in [-0.25, -0.2) is 0 Å². The fraction of sp³-hybridized carbons (Fsp3) is 0.143. The molecule has 0 saturated carbocycles. The summed E-state index contributed by atoms with van der Waals surface area (Å²) in [7, 11) is 0. The van der Waals surface area contributed by atoms with Gasteiger partial charge in [0.2, 0.25) is 0 Å². The summed E-state index contributed by atoms with van der Waals surface area (Å²) >= 11 is 0. The molecule has 0 bridgehead atoms. The van der Waals surface area contributed by atoms with Gasteiger partial charge in [0.1, 0.15) is 11.5 Å². The van der Waals surface area contributed by atoms with Crippen LogP contribution in [0.1, 0.15) is 5.56 Å². The first-order valence-electron chi connectivity index (χ1n) is 5.71. The minimum absolute atomic E-state index is 0.0950. The Hall–Kier alpha value is -2.30. The Morgan fingerprint density at radius 2 is 1.89 bits per heavy atom. The fourth-order valence-corrected chi connectivity index (χ4v) is 1.68. The van der Waals surface area contributed by atoms with Crippen molar-refractivity contribution in [2.45, 2.75) is 13.2 Å². The number of aromatic hydroxyl groups is 1. The number of benzene rings is 2. The number of rotatable bonds is 5. The number of halogens is 2. The second kappa shape index (κ2) is 6.04. The molecule has 2 aromatic rings. The molecule has 0 amide bonds. The van der Waals surface area contributed by atoms with Gasteiger partial charge in [0.15, 0.2) is 0 Å². The number of phenols is 1. The largest absolute Gasteiger partial charge is 0.508 e. The summed E-state index contributed by atoms with van der Waals surface area (Å²) in [6.07, 6.45) is 0. The van der Waals surface area contributed by atoms with Crippen molar-refractivity contribution in [2.24, 2.45) is 0 Å². The van der Waals surface area contributed by atoms with E-state index in [9.17, 15) is 13.9 Å². The average molecular weight is 265 g/mol. The highest BCUT2D eigenvalue weighted by molar-refractivity contribution is 5.56. The number of hydrogen-bond acceptors (Lipinski definition) is 3. The van der Waals surface area contributed by atoms with Gasteiger partial charge in [-0.15, -0.1) is 0 Å². The summed E-state index contributed by atoms with van der Waals surface area (Å²) in [5, 5.41) is 12.3. The minimum Gasteiger partial charge on any atom is -0.508 e. The summed E-state index contributed by atoms with van der Waals surface area (Å²) in [6.45, 7) is -2.46. The second-order valence-corrected chi connectivity index (χ2v) is 3.90. The van der Waals surface area contributed by atoms with E-state index in [4.69, 9.17) is 0 Å². The predicted molar refractivity (Wildman–Crippen MR) is 68.5 cm³/mol. The lowest BCUT2D eigenvalue weighted by atomic mass is 10.2. The molecule has 2 aromatic carbocycles. The molecule has 0 fully saturated rings. The van der Waals surface area contributed by atoms with Crippen molar-refractivity contribution in [3.8, 4) is 11.5 Å². The molecule has 0 aliphatic carbocycles. The zero-order valence-electron chi connectivity index (χ0n) is 10.0. The summed E-state index contributed by atoms with van der Waals surface area (Å²) in [4.78, 5) is 0. The van der Waals surface area contributed by atoms with E-state index in [1.165, 1.54) is 6.07 Å². The van der Waals surface area contributed by atoms with Crippen LogP contribution in [0.25, 0.3) is 0 Å². The SMILES string of the molecule is Oc1cccc(CNc2ccccc2OC(F)F)c1. The molecule has 2 N–H and O–H groups in total. The maximum absolute atomic E-state index is 12.2. The lowest BCUT2D eigenvalue weighted by Crippen LogP contribution is -2.06. The van der Waals surface area contributed by atoms with Gasteiger partial charge in [0, 0.05) is 6.54 Å². The number of phenolic OH excluding ortho intramolecular Hbond substituents is 1. The van der Waals surface area contributed by atoms with Gasteiger partial charge < -0.3 is 15.2 Å². The number of para-hydroxylation sites is 2. The summed E-state index contributed by atoms with van der Waals surface area (Å²) < 4.78 is 28.9. The Kier molecular flexibility index (Phi) is 4.18. The van der Waals surface area contributed by atoms with Crippen molar-refractivity contribution in [2.75, 3.05) is 5.32 Å². The Morgan fingerprint density at radius 1 is 1.11 bits per heavy atom. The topological polar surface area (TPSA) is 41.5 Å². The molecular formula is C14H13F2NO2. The lowest BCUT2D eigenvalue weighted by Gasteiger charge is -2.12. The number of anilines is 1. The molecule has 3 nitrogen and oxygen atoms in total. The third kappa shape index (κ3) is 3.84. The molecular weight excluding hydrogens is 252 g/mol.